The van der Waals surface area contributed by atoms with Crippen LogP contribution in [0.5, 0.6) is 17.2 Å². The summed E-state index contributed by atoms with van der Waals surface area (Å²) in [5.74, 6) is 2.68. The highest BCUT2D eigenvalue weighted by molar-refractivity contribution is 5.67. The zero-order valence-electron chi connectivity index (χ0n) is 16.3. The number of para-hydroxylation sites is 1. The van der Waals surface area contributed by atoms with Gasteiger partial charge in [0, 0.05) is 30.1 Å². The number of benzene rings is 2. The standard InChI is InChI=1S/C20H23N5O3/c1-5-25(15-9-7-6-8-10-15)20-23-18(13-21-24-20)22-14-11-16(26-2)19(28-4)17(12-14)27-3/h6-13H,5H2,1-4H3,(H,22,23,24). The number of nitrogens with zero attached hydrogens (tertiary/aromatic N) is 4. The molecule has 0 saturated carbocycles. The maximum Gasteiger partial charge on any atom is 0.251 e. The molecule has 3 aromatic rings. The first-order valence-electron chi connectivity index (χ1n) is 8.79. The first kappa shape index (κ1) is 19.2. The summed E-state index contributed by atoms with van der Waals surface area (Å²) in [5.41, 5.74) is 1.72. The highest BCUT2D eigenvalue weighted by Crippen LogP contribution is 2.40. The molecule has 0 amide bonds. The molecule has 1 aromatic heterocycles. The van der Waals surface area contributed by atoms with Crippen LogP contribution < -0.4 is 24.4 Å². The fraction of sp³-hybridized carbons (Fsp3) is 0.250. The van der Waals surface area contributed by atoms with Crippen LogP contribution in [0.25, 0.3) is 0 Å². The number of aromatic nitrogens is 3. The van der Waals surface area contributed by atoms with E-state index in [1.54, 1.807) is 39.7 Å². The summed E-state index contributed by atoms with van der Waals surface area (Å²) < 4.78 is 16.1. The molecule has 0 aliphatic carbocycles. The molecule has 1 heterocycles. The Balaban J connectivity index is 1.91. The van der Waals surface area contributed by atoms with Crippen molar-refractivity contribution < 1.29 is 14.2 Å². The van der Waals surface area contributed by atoms with Crippen LogP contribution in [-0.4, -0.2) is 43.1 Å². The van der Waals surface area contributed by atoms with Crippen molar-refractivity contribution in [3.8, 4) is 17.2 Å². The van der Waals surface area contributed by atoms with E-state index in [9.17, 15) is 0 Å². The van der Waals surface area contributed by atoms with Gasteiger partial charge in [-0.05, 0) is 19.1 Å². The molecule has 0 atom stereocenters. The molecule has 3 rings (SSSR count). The summed E-state index contributed by atoms with van der Waals surface area (Å²) >= 11 is 0. The lowest BCUT2D eigenvalue weighted by Gasteiger charge is -2.20. The van der Waals surface area contributed by atoms with E-state index in [1.807, 2.05) is 42.2 Å². The van der Waals surface area contributed by atoms with Gasteiger partial charge in [0.25, 0.3) is 5.95 Å². The van der Waals surface area contributed by atoms with E-state index in [-0.39, 0.29) is 0 Å². The Morgan fingerprint density at radius 3 is 2.21 bits per heavy atom. The number of hydrogen-bond donors (Lipinski definition) is 1. The summed E-state index contributed by atoms with van der Waals surface area (Å²) in [6, 6.07) is 13.5. The predicted molar refractivity (Wildman–Crippen MR) is 108 cm³/mol. The lowest BCUT2D eigenvalue weighted by atomic mass is 10.2. The monoisotopic (exact) mass is 381 g/mol. The summed E-state index contributed by atoms with van der Waals surface area (Å²) in [5, 5.41) is 11.5. The van der Waals surface area contributed by atoms with Crippen LogP contribution in [-0.2, 0) is 0 Å². The fourth-order valence-corrected chi connectivity index (χ4v) is 2.82. The summed E-state index contributed by atoms with van der Waals surface area (Å²) in [7, 11) is 4.71. The van der Waals surface area contributed by atoms with Crippen molar-refractivity contribution in [3.63, 3.8) is 0 Å². The van der Waals surface area contributed by atoms with Crippen LogP contribution in [0, 0.1) is 0 Å². The van der Waals surface area contributed by atoms with E-state index in [4.69, 9.17) is 14.2 Å². The molecule has 1 N–H and O–H groups in total. The van der Waals surface area contributed by atoms with Gasteiger partial charge in [0.05, 0.1) is 27.5 Å². The minimum atomic E-state index is 0.506. The number of methoxy groups -OCH3 is 3. The maximum absolute atomic E-state index is 5.39. The molecule has 0 unspecified atom stereocenters. The minimum Gasteiger partial charge on any atom is -0.493 e. The van der Waals surface area contributed by atoms with Crippen molar-refractivity contribution in [1.29, 1.82) is 0 Å². The molecule has 0 aliphatic rings. The maximum atomic E-state index is 5.39. The van der Waals surface area contributed by atoms with Crippen LogP contribution in [0.2, 0.25) is 0 Å². The predicted octanol–water partition coefficient (Wildman–Crippen LogP) is 3.80. The molecule has 8 nitrogen and oxygen atoms in total. The van der Waals surface area contributed by atoms with Crippen molar-refractivity contribution in [2.45, 2.75) is 6.92 Å². The molecule has 8 heteroatoms. The lowest BCUT2D eigenvalue weighted by molar-refractivity contribution is 0.324. The third kappa shape index (κ3) is 4.06. The molecule has 0 spiro atoms. The van der Waals surface area contributed by atoms with E-state index >= 15 is 0 Å². The summed E-state index contributed by atoms with van der Waals surface area (Å²) in [4.78, 5) is 6.58. The Morgan fingerprint density at radius 1 is 0.964 bits per heavy atom. The highest BCUT2D eigenvalue weighted by Gasteiger charge is 2.15. The van der Waals surface area contributed by atoms with Crippen LogP contribution in [0.4, 0.5) is 23.1 Å². The molecule has 0 saturated heterocycles. The minimum absolute atomic E-state index is 0.506. The van der Waals surface area contributed by atoms with Crippen LogP contribution in [0.1, 0.15) is 6.92 Å². The Bertz CT molecular complexity index is 896. The molecule has 0 fully saturated rings. The molecule has 0 radical (unpaired) electrons. The average Bonchev–Trinajstić information content (AvgIpc) is 2.74. The number of rotatable bonds is 8. The zero-order valence-corrected chi connectivity index (χ0v) is 16.3. The molecule has 0 aliphatic heterocycles. The first-order chi connectivity index (χ1) is 13.7. The number of anilines is 4. The molecule has 0 bridgehead atoms. The molecule has 28 heavy (non-hydrogen) atoms. The van der Waals surface area contributed by atoms with Gasteiger partial charge in [0.1, 0.15) is 0 Å². The van der Waals surface area contributed by atoms with Gasteiger partial charge >= 0.3 is 0 Å². The normalized spacial score (nSPS) is 10.3. The van der Waals surface area contributed by atoms with Gasteiger partial charge in [-0.3, -0.25) is 0 Å². The van der Waals surface area contributed by atoms with Crippen LogP contribution in [0.3, 0.4) is 0 Å². The van der Waals surface area contributed by atoms with Crippen molar-refractivity contribution in [2.24, 2.45) is 0 Å². The smallest absolute Gasteiger partial charge is 0.251 e. The fourth-order valence-electron chi connectivity index (χ4n) is 2.82. The molecule has 146 valence electrons. The second-order valence-electron chi connectivity index (χ2n) is 5.76. The SMILES string of the molecule is CCN(c1ccccc1)c1nncc(Nc2cc(OC)c(OC)c(OC)c2)n1. The van der Waals surface area contributed by atoms with Crippen LogP contribution >= 0.6 is 0 Å². The third-order valence-electron chi connectivity index (χ3n) is 4.11. The largest absolute Gasteiger partial charge is 0.493 e. The van der Waals surface area contributed by atoms with Gasteiger partial charge in [-0.15, -0.1) is 5.10 Å². The van der Waals surface area contributed by atoms with Crippen molar-refractivity contribution in [2.75, 3.05) is 38.1 Å². The summed E-state index contributed by atoms with van der Waals surface area (Å²) in [6.45, 7) is 2.75. The Morgan fingerprint density at radius 2 is 1.64 bits per heavy atom. The van der Waals surface area contributed by atoms with E-state index in [0.29, 0.717) is 35.6 Å². The highest BCUT2D eigenvalue weighted by atomic mass is 16.5. The van der Waals surface area contributed by atoms with Gasteiger partial charge in [-0.2, -0.15) is 10.1 Å². The molecule has 2 aromatic carbocycles. The topological polar surface area (TPSA) is 81.6 Å². The second-order valence-corrected chi connectivity index (χ2v) is 5.76. The quantitative estimate of drug-likeness (QED) is 0.631. The van der Waals surface area contributed by atoms with E-state index < -0.39 is 0 Å². The Kier molecular flexibility index (Phi) is 6.11. The van der Waals surface area contributed by atoms with Gasteiger partial charge in [-0.25, -0.2) is 0 Å². The van der Waals surface area contributed by atoms with Gasteiger partial charge < -0.3 is 24.4 Å². The average molecular weight is 381 g/mol. The zero-order chi connectivity index (χ0) is 19.9. The summed E-state index contributed by atoms with van der Waals surface area (Å²) in [6.07, 6.45) is 1.56. The van der Waals surface area contributed by atoms with Crippen molar-refractivity contribution in [3.05, 3.63) is 48.7 Å². The number of ether oxygens (including phenoxy) is 3. The van der Waals surface area contributed by atoms with Gasteiger partial charge in [-0.1, -0.05) is 18.2 Å². The molecular weight excluding hydrogens is 358 g/mol. The second kappa shape index (κ2) is 8.90. The molecular formula is C20H23N5O3. The van der Waals surface area contributed by atoms with E-state index in [2.05, 4.69) is 20.5 Å². The van der Waals surface area contributed by atoms with Gasteiger partial charge in [0.2, 0.25) is 5.75 Å². The Hall–Kier alpha value is -3.55. The van der Waals surface area contributed by atoms with Crippen molar-refractivity contribution >= 4 is 23.1 Å². The number of nitrogens with one attached hydrogen (secondary N) is 1. The Labute approximate surface area is 164 Å². The van der Waals surface area contributed by atoms with Crippen molar-refractivity contribution in [1.82, 2.24) is 15.2 Å². The first-order valence-corrected chi connectivity index (χ1v) is 8.79. The number of hydrogen-bond acceptors (Lipinski definition) is 8. The third-order valence-corrected chi connectivity index (χ3v) is 4.11. The van der Waals surface area contributed by atoms with E-state index in [1.165, 1.54) is 0 Å². The van der Waals surface area contributed by atoms with Gasteiger partial charge in [0.15, 0.2) is 17.3 Å². The lowest BCUT2D eigenvalue weighted by Crippen LogP contribution is -2.19. The van der Waals surface area contributed by atoms with Crippen LogP contribution in [0.15, 0.2) is 48.7 Å². The van der Waals surface area contributed by atoms with E-state index in [0.717, 1.165) is 11.4 Å².